The zero-order chi connectivity index (χ0) is 18.1. The van der Waals surface area contributed by atoms with Gasteiger partial charge in [0.1, 0.15) is 19.5 Å². The Labute approximate surface area is 159 Å². The average Bonchev–Trinajstić information content (AvgIpc) is 2.59. The Hall–Kier alpha value is -1.16. The monoisotopic (exact) mass is 404 g/mol. The van der Waals surface area contributed by atoms with Crippen LogP contribution in [0.1, 0.15) is 56.1 Å². The van der Waals surface area contributed by atoms with Gasteiger partial charge in [-0.2, -0.15) is 0 Å². The van der Waals surface area contributed by atoms with Crippen molar-refractivity contribution in [3.05, 3.63) is 63.6 Å². The van der Waals surface area contributed by atoms with Gasteiger partial charge in [0.25, 0.3) is 0 Å². The van der Waals surface area contributed by atoms with E-state index in [0.717, 1.165) is 36.8 Å². The predicted molar refractivity (Wildman–Crippen MR) is 106 cm³/mol. The molecular weight excluding hydrogens is 381 g/mol. The number of aryl methyl sites for hydroxylation is 2. The van der Waals surface area contributed by atoms with E-state index in [4.69, 9.17) is 7.85 Å². The molecule has 0 bridgehead atoms. The second-order valence-corrected chi connectivity index (χ2v) is 7.43. The summed E-state index contributed by atoms with van der Waals surface area (Å²) >= 11 is 3.17. The molecule has 132 valence electrons. The van der Waals surface area contributed by atoms with E-state index in [0.29, 0.717) is 4.47 Å². The topological polar surface area (TPSA) is 0 Å². The fourth-order valence-corrected chi connectivity index (χ4v) is 3.21. The first kappa shape index (κ1) is 20.2. The van der Waals surface area contributed by atoms with Crippen LogP contribution in [-0.2, 0) is 12.8 Å². The van der Waals surface area contributed by atoms with Gasteiger partial charge in [0.2, 0.25) is 0 Å². The maximum absolute atomic E-state index is 13.4. The van der Waals surface area contributed by atoms with Crippen LogP contribution < -0.4 is 5.46 Å². The second kappa shape index (κ2) is 10.8. The van der Waals surface area contributed by atoms with Crippen molar-refractivity contribution >= 4 is 29.2 Å². The molecule has 0 saturated heterocycles. The molecule has 0 unspecified atom stereocenters. The smallest absolute Gasteiger partial charge is 0.137 e. The van der Waals surface area contributed by atoms with Gasteiger partial charge in [-0.15, -0.1) is 0 Å². The normalized spacial score (nSPS) is 11.0. The highest BCUT2D eigenvalue weighted by molar-refractivity contribution is 9.10. The van der Waals surface area contributed by atoms with E-state index in [1.54, 1.807) is 24.3 Å². The van der Waals surface area contributed by atoms with Gasteiger partial charge in [0.15, 0.2) is 0 Å². The lowest BCUT2D eigenvalue weighted by Gasteiger charge is -2.05. The summed E-state index contributed by atoms with van der Waals surface area (Å²) in [6.07, 6.45) is 10.0. The van der Waals surface area contributed by atoms with E-state index in [1.807, 2.05) is 12.1 Å². The summed E-state index contributed by atoms with van der Waals surface area (Å²) < 4.78 is 27.3. The second-order valence-electron chi connectivity index (χ2n) is 6.58. The molecule has 2 aromatic carbocycles. The Morgan fingerprint density at radius 2 is 1.16 bits per heavy atom. The molecule has 0 aliphatic carbocycles. The van der Waals surface area contributed by atoms with Crippen molar-refractivity contribution in [2.75, 3.05) is 0 Å². The van der Waals surface area contributed by atoms with Gasteiger partial charge >= 0.3 is 0 Å². The van der Waals surface area contributed by atoms with E-state index in [-0.39, 0.29) is 17.1 Å². The highest BCUT2D eigenvalue weighted by Gasteiger charge is 2.01. The fraction of sp³-hybridized carbons (Fsp3) is 0.429. The van der Waals surface area contributed by atoms with Crippen LogP contribution in [0.2, 0.25) is 0 Å². The molecule has 0 aliphatic heterocycles. The lowest BCUT2D eigenvalue weighted by molar-refractivity contribution is 0.576. The maximum atomic E-state index is 13.4. The molecule has 0 heterocycles. The first-order valence-electron chi connectivity index (χ1n) is 9.04. The first-order chi connectivity index (χ1) is 12.1. The molecule has 0 spiro atoms. The van der Waals surface area contributed by atoms with Crippen LogP contribution in [0.5, 0.6) is 0 Å². The van der Waals surface area contributed by atoms with Crippen molar-refractivity contribution in [1.82, 2.24) is 0 Å². The molecule has 0 amide bonds. The SMILES string of the molecule is [B]c1ccc(CCCCCCCCCc2ccc(Br)c(F)c2)cc1F. The van der Waals surface area contributed by atoms with Crippen LogP contribution >= 0.6 is 15.9 Å². The van der Waals surface area contributed by atoms with E-state index in [2.05, 4.69) is 15.9 Å². The zero-order valence-corrected chi connectivity index (χ0v) is 16.1. The standard InChI is InChI=1S/C21H24BBrF2/c22-18-12-10-16(14-20(18)24)8-6-4-2-1-3-5-7-9-17-11-13-19(23)21(25)15-17/h10-15H,1-9H2. The third-order valence-electron chi connectivity index (χ3n) is 4.48. The highest BCUT2D eigenvalue weighted by atomic mass is 79.9. The van der Waals surface area contributed by atoms with E-state index in [9.17, 15) is 8.78 Å². The lowest BCUT2D eigenvalue weighted by atomic mass is 9.93. The molecule has 0 N–H and O–H groups in total. The van der Waals surface area contributed by atoms with Crippen molar-refractivity contribution in [2.24, 2.45) is 0 Å². The van der Waals surface area contributed by atoms with Crippen molar-refractivity contribution in [3.63, 3.8) is 0 Å². The molecule has 0 fully saturated rings. The van der Waals surface area contributed by atoms with Crippen molar-refractivity contribution in [3.8, 4) is 0 Å². The minimum Gasteiger partial charge on any atom is -0.208 e. The summed E-state index contributed by atoms with van der Waals surface area (Å²) in [6, 6.07) is 10.5. The highest BCUT2D eigenvalue weighted by Crippen LogP contribution is 2.18. The molecule has 0 nitrogen and oxygen atoms in total. The van der Waals surface area contributed by atoms with Crippen LogP contribution in [-0.4, -0.2) is 7.85 Å². The summed E-state index contributed by atoms with van der Waals surface area (Å²) in [5.74, 6) is -0.498. The Balaban J connectivity index is 1.49. The summed E-state index contributed by atoms with van der Waals surface area (Å²) in [5.41, 5.74) is 2.31. The van der Waals surface area contributed by atoms with E-state index < -0.39 is 0 Å². The van der Waals surface area contributed by atoms with Crippen LogP contribution in [0.15, 0.2) is 40.9 Å². The van der Waals surface area contributed by atoms with Crippen LogP contribution in [0.4, 0.5) is 8.78 Å². The van der Waals surface area contributed by atoms with Crippen LogP contribution in [0.3, 0.4) is 0 Å². The largest absolute Gasteiger partial charge is 0.208 e. The number of halogens is 3. The third kappa shape index (κ3) is 7.31. The Kier molecular flexibility index (Phi) is 8.67. The van der Waals surface area contributed by atoms with Gasteiger partial charge in [0, 0.05) is 0 Å². The number of benzene rings is 2. The maximum Gasteiger partial charge on any atom is 0.137 e. The number of rotatable bonds is 10. The van der Waals surface area contributed by atoms with Crippen molar-refractivity contribution < 1.29 is 8.78 Å². The number of hydrogen-bond donors (Lipinski definition) is 0. The Bertz CT molecular complexity index is 615. The summed E-state index contributed by atoms with van der Waals surface area (Å²) in [4.78, 5) is 0. The van der Waals surface area contributed by atoms with Gasteiger partial charge in [0.05, 0.1) is 4.47 Å². The third-order valence-corrected chi connectivity index (χ3v) is 5.12. The molecule has 0 atom stereocenters. The number of hydrogen-bond acceptors (Lipinski definition) is 0. The minimum absolute atomic E-state index is 0.182. The minimum atomic E-state index is -0.317. The molecule has 0 aromatic heterocycles. The Morgan fingerprint density at radius 3 is 1.68 bits per heavy atom. The molecule has 2 rings (SSSR count). The number of unbranched alkanes of at least 4 members (excludes halogenated alkanes) is 6. The molecule has 4 heteroatoms. The molecule has 25 heavy (non-hydrogen) atoms. The lowest BCUT2D eigenvalue weighted by Crippen LogP contribution is -2.08. The van der Waals surface area contributed by atoms with Gasteiger partial charge in [-0.1, -0.05) is 55.8 Å². The van der Waals surface area contributed by atoms with Crippen LogP contribution in [0.25, 0.3) is 0 Å². The molecular formula is C21H24BBrF2. The Morgan fingerprint density at radius 1 is 0.680 bits per heavy atom. The molecule has 0 aliphatic rings. The summed E-state index contributed by atoms with van der Waals surface area (Å²) in [5, 5.41) is 0. The molecule has 2 radical (unpaired) electrons. The average molecular weight is 405 g/mol. The fourth-order valence-electron chi connectivity index (χ4n) is 2.96. The summed E-state index contributed by atoms with van der Waals surface area (Å²) in [7, 11) is 5.48. The molecule has 0 saturated carbocycles. The van der Waals surface area contributed by atoms with Gasteiger partial charge in [-0.3, -0.25) is 0 Å². The van der Waals surface area contributed by atoms with E-state index in [1.165, 1.54) is 32.1 Å². The van der Waals surface area contributed by atoms with Crippen molar-refractivity contribution in [1.29, 1.82) is 0 Å². The van der Waals surface area contributed by atoms with E-state index >= 15 is 0 Å². The van der Waals surface area contributed by atoms with Gasteiger partial charge in [-0.05, 0) is 70.9 Å². The first-order valence-corrected chi connectivity index (χ1v) is 9.83. The predicted octanol–water partition coefficient (Wildman–Crippen LogP) is 6.04. The zero-order valence-electron chi connectivity index (χ0n) is 14.5. The van der Waals surface area contributed by atoms with Crippen molar-refractivity contribution in [2.45, 2.75) is 57.8 Å². The quantitative estimate of drug-likeness (QED) is 0.334. The van der Waals surface area contributed by atoms with Gasteiger partial charge in [-0.25, -0.2) is 8.78 Å². The summed E-state index contributed by atoms with van der Waals surface area (Å²) in [6.45, 7) is 0. The van der Waals surface area contributed by atoms with Gasteiger partial charge < -0.3 is 0 Å². The molecule has 2 aromatic rings. The van der Waals surface area contributed by atoms with Crippen LogP contribution in [0, 0.1) is 11.6 Å².